The van der Waals surface area contributed by atoms with Crippen molar-refractivity contribution in [2.45, 2.75) is 38.0 Å². The normalized spacial score (nSPS) is 15.4. The summed E-state index contributed by atoms with van der Waals surface area (Å²) < 4.78 is 5.15. The summed E-state index contributed by atoms with van der Waals surface area (Å²) in [6.07, 6.45) is 3.74. The number of carbonyl (C=O) groups excluding carboxylic acids is 1. The number of nitriles is 1. The highest BCUT2D eigenvalue weighted by Gasteiger charge is 2.42. The topological polar surface area (TPSA) is 62.1 Å². The number of rotatable bonds is 4. The molecule has 3 rings (SSSR count). The van der Waals surface area contributed by atoms with Crippen molar-refractivity contribution in [3.8, 4) is 11.8 Å². The molecular formula is C21H22N2O2. The molecule has 0 unspecified atom stereocenters. The zero-order chi connectivity index (χ0) is 17.9. The van der Waals surface area contributed by atoms with Crippen molar-refractivity contribution in [3.05, 3.63) is 59.2 Å². The van der Waals surface area contributed by atoms with Gasteiger partial charge in [0.1, 0.15) is 11.8 Å². The SMILES string of the molecule is COc1ccc(NC(=O)C2(c3cccc(C)c3)CCCC2)c(C#N)c1. The second-order valence-electron chi connectivity index (χ2n) is 6.64. The number of amides is 1. The Balaban J connectivity index is 1.94. The van der Waals surface area contributed by atoms with Gasteiger partial charge >= 0.3 is 0 Å². The van der Waals surface area contributed by atoms with Crippen molar-refractivity contribution in [2.75, 3.05) is 12.4 Å². The van der Waals surface area contributed by atoms with E-state index >= 15 is 0 Å². The molecule has 2 aromatic carbocycles. The molecule has 128 valence electrons. The third kappa shape index (κ3) is 3.23. The molecule has 4 heteroatoms. The number of ether oxygens (including phenoxy) is 1. The van der Waals surface area contributed by atoms with Crippen LogP contribution in [0.2, 0.25) is 0 Å². The smallest absolute Gasteiger partial charge is 0.235 e. The first-order valence-corrected chi connectivity index (χ1v) is 8.56. The highest BCUT2D eigenvalue weighted by molar-refractivity contribution is 6.00. The average Bonchev–Trinajstić information content (AvgIpc) is 3.13. The van der Waals surface area contributed by atoms with Crippen LogP contribution in [-0.2, 0) is 10.2 Å². The van der Waals surface area contributed by atoms with E-state index in [9.17, 15) is 10.1 Å². The van der Waals surface area contributed by atoms with Crippen molar-refractivity contribution in [1.82, 2.24) is 0 Å². The highest BCUT2D eigenvalue weighted by atomic mass is 16.5. The van der Waals surface area contributed by atoms with Crippen LogP contribution in [0, 0.1) is 18.3 Å². The van der Waals surface area contributed by atoms with Gasteiger partial charge in [-0.2, -0.15) is 5.26 Å². The van der Waals surface area contributed by atoms with Crippen molar-refractivity contribution < 1.29 is 9.53 Å². The third-order valence-corrected chi connectivity index (χ3v) is 5.06. The number of carbonyl (C=O) groups is 1. The van der Waals surface area contributed by atoms with Crippen LogP contribution in [0.15, 0.2) is 42.5 Å². The van der Waals surface area contributed by atoms with E-state index in [-0.39, 0.29) is 5.91 Å². The van der Waals surface area contributed by atoms with Crippen LogP contribution < -0.4 is 10.1 Å². The van der Waals surface area contributed by atoms with Crippen molar-refractivity contribution in [2.24, 2.45) is 0 Å². The van der Waals surface area contributed by atoms with E-state index in [1.807, 2.05) is 25.1 Å². The first-order chi connectivity index (χ1) is 12.1. The Labute approximate surface area is 148 Å². The van der Waals surface area contributed by atoms with Crippen molar-refractivity contribution in [3.63, 3.8) is 0 Å². The van der Waals surface area contributed by atoms with Gasteiger partial charge in [-0.3, -0.25) is 4.79 Å². The van der Waals surface area contributed by atoms with Gasteiger partial charge in [0.25, 0.3) is 0 Å². The van der Waals surface area contributed by atoms with Gasteiger partial charge < -0.3 is 10.1 Å². The minimum atomic E-state index is -0.515. The molecule has 0 atom stereocenters. The number of aryl methyl sites for hydroxylation is 1. The van der Waals surface area contributed by atoms with Gasteiger partial charge in [-0.25, -0.2) is 0 Å². The predicted octanol–water partition coefficient (Wildman–Crippen LogP) is 4.33. The second kappa shape index (κ2) is 6.98. The number of methoxy groups -OCH3 is 1. The largest absolute Gasteiger partial charge is 0.497 e. The van der Waals surface area contributed by atoms with Crippen LogP contribution in [0.1, 0.15) is 42.4 Å². The molecule has 0 aliphatic heterocycles. The summed E-state index contributed by atoms with van der Waals surface area (Å²) in [6.45, 7) is 2.04. The van der Waals surface area contributed by atoms with Crippen LogP contribution in [0.25, 0.3) is 0 Å². The molecule has 2 aromatic rings. The van der Waals surface area contributed by atoms with Crippen molar-refractivity contribution >= 4 is 11.6 Å². The van der Waals surface area contributed by atoms with Gasteiger partial charge in [-0.05, 0) is 43.5 Å². The summed E-state index contributed by atoms with van der Waals surface area (Å²) in [6, 6.07) is 15.4. The van der Waals surface area contributed by atoms with Crippen LogP contribution >= 0.6 is 0 Å². The van der Waals surface area contributed by atoms with E-state index in [1.54, 1.807) is 25.3 Å². The molecule has 1 fully saturated rings. The fourth-order valence-electron chi connectivity index (χ4n) is 3.66. The summed E-state index contributed by atoms with van der Waals surface area (Å²) in [7, 11) is 1.56. The van der Waals surface area contributed by atoms with Gasteiger partial charge in [0, 0.05) is 0 Å². The first-order valence-electron chi connectivity index (χ1n) is 8.56. The van der Waals surface area contributed by atoms with E-state index in [1.165, 1.54) is 0 Å². The van der Waals surface area contributed by atoms with E-state index in [0.29, 0.717) is 17.0 Å². The van der Waals surface area contributed by atoms with E-state index < -0.39 is 5.41 Å². The maximum Gasteiger partial charge on any atom is 0.235 e. The highest BCUT2D eigenvalue weighted by Crippen LogP contribution is 2.42. The molecule has 1 aliphatic carbocycles. The molecule has 4 nitrogen and oxygen atoms in total. The second-order valence-corrected chi connectivity index (χ2v) is 6.64. The van der Waals surface area contributed by atoms with Gasteiger partial charge in [-0.1, -0.05) is 42.7 Å². The van der Waals surface area contributed by atoms with Gasteiger partial charge in [0.2, 0.25) is 5.91 Å². The molecule has 0 aromatic heterocycles. The molecule has 0 spiro atoms. The molecule has 1 aliphatic rings. The van der Waals surface area contributed by atoms with E-state index in [2.05, 4.69) is 17.5 Å². The Hall–Kier alpha value is -2.80. The van der Waals surface area contributed by atoms with E-state index in [4.69, 9.17) is 4.74 Å². The number of benzene rings is 2. The molecule has 0 bridgehead atoms. The zero-order valence-corrected chi connectivity index (χ0v) is 14.6. The molecule has 1 N–H and O–H groups in total. The minimum Gasteiger partial charge on any atom is -0.497 e. The lowest BCUT2D eigenvalue weighted by Crippen LogP contribution is -2.38. The van der Waals surface area contributed by atoms with Gasteiger partial charge in [0.05, 0.1) is 23.8 Å². The number of nitrogens with zero attached hydrogens (tertiary/aromatic N) is 1. The molecule has 1 amide bonds. The summed E-state index contributed by atoms with van der Waals surface area (Å²) in [5, 5.41) is 12.4. The fraction of sp³-hybridized carbons (Fsp3) is 0.333. The average molecular weight is 334 g/mol. The van der Waals surface area contributed by atoms with Crippen LogP contribution in [0.3, 0.4) is 0 Å². The lowest BCUT2D eigenvalue weighted by molar-refractivity contribution is -0.121. The predicted molar refractivity (Wildman–Crippen MR) is 97.7 cm³/mol. The molecule has 1 saturated carbocycles. The molecule has 0 heterocycles. The van der Waals surface area contributed by atoms with Gasteiger partial charge in [-0.15, -0.1) is 0 Å². The number of hydrogen-bond acceptors (Lipinski definition) is 3. The summed E-state index contributed by atoms with van der Waals surface area (Å²) >= 11 is 0. The Morgan fingerprint density at radius 3 is 2.60 bits per heavy atom. The lowest BCUT2D eigenvalue weighted by atomic mass is 9.77. The standard InChI is InChI=1S/C21H22N2O2/c1-15-6-5-7-17(12-15)21(10-3-4-11-21)20(24)23-19-9-8-18(25-2)13-16(19)14-22/h5-9,12-13H,3-4,10-11H2,1-2H3,(H,23,24). The van der Waals surface area contributed by atoms with Gasteiger partial charge in [0.15, 0.2) is 0 Å². The van der Waals surface area contributed by atoms with Crippen LogP contribution in [-0.4, -0.2) is 13.0 Å². The summed E-state index contributed by atoms with van der Waals surface area (Å²) in [5.74, 6) is 0.570. The lowest BCUT2D eigenvalue weighted by Gasteiger charge is -2.29. The third-order valence-electron chi connectivity index (χ3n) is 5.06. The van der Waals surface area contributed by atoms with Crippen LogP contribution in [0.5, 0.6) is 5.75 Å². The Bertz CT molecular complexity index is 830. The summed E-state index contributed by atoms with van der Waals surface area (Å²) in [4.78, 5) is 13.2. The molecule has 0 saturated heterocycles. The molecule has 0 radical (unpaired) electrons. The number of hydrogen-bond donors (Lipinski definition) is 1. The number of anilines is 1. The maximum atomic E-state index is 13.2. The number of nitrogens with one attached hydrogen (secondary N) is 1. The van der Waals surface area contributed by atoms with E-state index in [0.717, 1.165) is 36.8 Å². The Kier molecular flexibility index (Phi) is 4.76. The Morgan fingerprint density at radius 2 is 1.96 bits per heavy atom. The quantitative estimate of drug-likeness (QED) is 0.905. The monoisotopic (exact) mass is 334 g/mol. The Morgan fingerprint density at radius 1 is 1.20 bits per heavy atom. The molecule has 25 heavy (non-hydrogen) atoms. The van der Waals surface area contributed by atoms with Crippen molar-refractivity contribution in [1.29, 1.82) is 5.26 Å². The minimum absolute atomic E-state index is 0.0303. The molecular weight excluding hydrogens is 312 g/mol. The first kappa shape index (κ1) is 17.0. The van der Waals surface area contributed by atoms with Crippen LogP contribution in [0.4, 0.5) is 5.69 Å². The zero-order valence-electron chi connectivity index (χ0n) is 14.6. The summed E-state index contributed by atoms with van der Waals surface area (Å²) in [5.41, 5.74) is 2.64. The fourth-order valence-corrected chi connectivity index (χ4v) is 3.66. The maximum absolute atomic E-state index is 13.2.